The molecule has 1 atom stereocenters. The van der Waals surface area contributed by atoms with Crippen molar-refractivity contribution in [1.29, 1.82) is 0 Å². The minimum absolute atomic E-state index is 0.330. The van der Waals surface area contributed by atoms with Crippen molar-refractivity contribution in [2.75, 3.05) is 11.5 Å². The second-order valence-electron chi connectivity index (χ2n) is 6.87. The number of rotatable bonds is 4. The van der Waals surface area contributed by atoms with Crippen molar-refractivity contribution in [3.63, 3.8) is 0 Å². The lowest BCUT2D eigenvalue weighted by Crippen LogP contribution is -2.34. The maximum Gasteiger partial charge on any atom is 0.0727 e. The van der Waals surface area contributed by atoms with Crippen LogP contribution < -0.4 is 5.32 Å². The molecule has 25 heavy (non-hydrogen) atoms. The highest BCUT2D eigenvalue weighted by Gasteiger charge is 2.20. The zero-order valence-corrected chi connectivity index (χ0v) is 15.7. The molecule has 1 aliphatic rings. The lowest BCUT2D eigenvalue weighted by Gasteiger charge is -2.26. The molecule has 4 heteroatoms. The molecule has 3 aromatic rings. The van der Waals surface area contributed by atoms with E-state index < -0.39 is 0 Å². The summed E-state index contributed by atoms with van der Waals surface area (Å²) in [6.45, 7) is 4.44. The van der Waals surface area contributed by atoms with Crippen LogP contribution in [0.2, 0.25) is 0 Å². The summed E-state index contributed by atoms with van der Waals surface area (Å²) in [7, 11) is 0. The first-order valence-corrected chi connectivity index (χ1v) is 10.3. The van der Waals surface area contributed by atoms with Gasteiger partial charge in [0.25, 0.3) is 0 Å². The van der Waals surface area contributed by atoms with E-state index in [1.165, 1.54) is 46.4 Å². The molecule has 0 radical (unpaired) electrons. The fourth-order valence-electron chi connectivity index (χ4n) is 3.79. The summed E-state index contributed by atoms with van der Waals surface area (Å²) in [6, 6.07) is 15.9. The molecule has 0 spiro atoms. The average molecular weight is 352 g/mol. The largest absolute Gasteiger partial charge is 0.307 e. The molecule has 1 fully saturated rings. The fraction of sp³-hybridized carbons (Fsp3) is 0.381. The zero-order chi connectivity index (χ0) is 17.2. The quantitative estimate of drug-likeness (QED) is 0.726. The fourth-order valence-corrected chi connectivity index (χ4v) is 4.90. The summed E-state index contributed by atoms with van der Waals surface area (Å²) in [5.41, 5.74) is 3.68. The van der Waals surface area contributed by atoms with Crippen LogP contribution in [-0.4, -0.2) is 27.3 Å². The molecule has 1 N–H and O–H groups in total. The monoisotopic (exact) mass is 351 g/mol. The molecule has 1 saturated heterocycles. The molecule has 0 saturated carbocycles. The van der Waals surface area contributed by atoms with Crippen LogP contribution in [0.4, 0.5) is 0 Å². The minimum Gasteiger partial charge on any atom is -0.307 e. The van der Waals surface area contributed by atoms with Gasteiger partial charge in [0.1, 0.15) is 0 Å². The van der Waals surface area contributed by atoms with Crippen molar-refractivity contribution in [1.82, 2.24) is 15.1 Å². The van der Waals surface area contributed by atoms with Gasteiger partial charge in [-0.25, -0.2) is 4.68 Å². The summed E-state index contributed by atoms with van der Waals surface area (Å²) >= 11 is 2.07. The third-order valence-electron chi connectivity index (χ3n) is 5.22. The lowest BCUT2D eigenvalue weighted by molar-refractivity contribution is 0.430. The standard InChI is InChI=1S/C21H25N3S/c1-15(23-18-10-12-25-13-11-18)20-14-22-24(16(20)2)21-9-5-7-17-6-3-4-8-19(17)21/h3-9,14-15,18,23H,10-13H2,1-2H3/t15-/m0/s1. The molecule has 4 rings (SSSR count). The Morgan fingerprint density at radius 1 is 1.12 bits per heavy atom. The number of aromatic nitrogens is 2. The van der Waals surface area contributed by atoms with Gasteiger partial charge >= 0.3 is 0 Å². The van der Waals surface area contributed by atoms with Gasteiger partial charge in [-0.15, -0.1) is 0 Å². The zero-order valence-electron chi connectivity index (χ0n) is 14.9. The molecule has 130 valence electrons. The Hall–Kier alpha value is -1.78. The van der Waals surface area contributed by atoms with Crippen LogP contribution in [0, 0.1) is 6.92 Å². The molecule has 0 unspecified atom stereocenters. The molecule has 2 aromatic carbocycles. The summed E-state index contributed by atoms with van der Waals surface area (Å²) < 4.78 is 2.09. The third kappa shape index (κ3) is 3.33. The predicted molar refractivity (Wildman–Crippen MR) is 108 cm³/mol. The van der Waals surface area contributed by atoms with Crippen molar-refractivity contribution in [2.24, 2.45) is 0 Å². The Bertz CT molecular complexity index is 859. The molecular weight excluding hydrogens is 326 g/mol. The van der Waals surface area contributed by atoms with Crippen molar-refractivity contribution in [2.45, 2.75) is 38.8 Å². The Labute approximate surface area is 153 Å². The Morgan fingerprint density at radius 2 is 1.88 bits per heavy atom. The lowest BCUT2D eigenvalue weighted by atomic mass is 10.1. The van der Waals surface area contributed by atoms with Gasteiger partial charge in [-0.3, -0.25) is 0 Å². The van der Waals surface area contributed by atoms with Gasteiger partial charge in [0, 0.05) is 28.7 Å². The second-order valence-corrected chi connectivity index (χ2v) is 8.10. The highest BCUT2D eigenvalue weighted by atomic mass is 32.2. The van der Waals surface area contributed by atoms with Gasteiger partial charge in [0.2, 0.25) is 0 Å². The van der Waals surface area contributed by atoms with Crippen LogP contribution in [0.1, 0.15) is 37.1 Å². The van der Waals surface area contributed by atoms with Crippen LogP contribution in [0.3, 0.4) is 0 Å². The van der Waals surface area contributed by atoms with E-state index in [2.05, 4.69) is 78.1 Å². The molecular formula is C21H25N3S. The van der Waals surface area contributed by atoms with E-state index in [1.807, 2.05) is 6.20 Å². The van der Waals surface area contributed by atoms with Crippen molar-refractivity contribution in [3.8, 4) is 5.69 Å². The van der Waals surface area contributed by atoms with Crippen LogP contribution in [0.15, 0.2) is 48.7 Å². The van der Waals surface area contributed by atoms with E-state index >= 15 is 0 Å². The van der Waals surface area contributed by atoms with Crippen LogP contribution in [0.25, 0.3) is 16.5 Å². The topological polar surface area (TPSA) is 29.9 Å². The van der Waals surface area contributed by atoms with Crippen molar-refractivity contribution in [3.05, 3.63) is 59.9 Å². The highest BCUT2D eigenvalue weighted by Crippen LogP contribution is 2.27. The number of benzene rings is 2. The minimum atomic E-state index is 0.330. The van der Waals surface area contributed by atoms with Gasteiger partial charge in [-0.1, -0.05) is 36.4 Å². The summed E-state index contributed by atoms with van der Waals surface area (Å²) in [5.74, 6) is 2.55. The number of fused-ring (bicyclic) bond motifs is 1. The first-order valence-electron chi connectivity index (χ1n) is 9.10. The molecule has 2 heterocycles. The first kappa shape index (κ1) is 16.7. The molecule has 0 aliphatic carbocycles. The Balaban J connectivity index is 1.64. The maximum absolute atomic E-state index is 4.72. The van der Waals surface area contributed by atoms with Gasteiger partial charge in [-0.05, 0) is 49.6 Å². The number of nitrogens with one attached hydrogen (secondary N) is 1. The van der Waals surface area contributed by atoms with E-state index in [0.29, 0.717) is 12.1 Å². The highest BCUT2D eigenvalue weighted by molar-refractivity contribution is 7.99. The number of nitrogens with zero attached hydrogens (tertiary/aromatic N) is 2. The summed E-state index contributed by atoms with van der Waals surface area (Å²) in [6.07, 6.45) is 4.57. The number of hydrogen-bond donors (Lipinski definition) is 1. The Kier molecular flexibility index (Phi) is 4.82. The van der Waals surface area contributed by atoms with E-state index in [1.54, 1.807) is 0 Å². The normalized spacial score (nSPS) is 17.0. The second kappa shape index (κ2) is 7.22. The molecule has 1 aromatic heterocycles. The van der Waals surface area contributed by atoms with E-state index in [4.69, 9.17) is 5.10 Å². The average Bonchev–Trinajstić information content (AvgIpc) is 3.03. The molecule has 0 amide bonds. The van der Waals surface area contributed by atoms with Crippen LogP contribution in [0.5, 0.6) is 0 Å². The van der Waals surface area contributed by atoms with Crippen molar-refractivity contribution < 1.29 is 0 Å². The van der Waals surface area contributed by atoms with Gasteiger partial charge in [0.15, 0.2) is 0 Å². The van der Waals surface area contributed by atoms with E-state index in [9.17, 15) is 0 Å². The van der Waals surface area contributed by atoms with E-state index in [0.717, 1.165) is 5.69 Å². The Morgan fingerprint density at radius 3 is 2.72 bits per heavy atom. The molecule has 3 nitrogen and oxygen atoms in total. The molecule has 0 bridgehead atoms. The smallest absolute Gasteiger partial charge is 0.0727 e. The van der Waals surface area contributed by atoms with Crippen LogP contribution >= 0.6 is 11.8 Å². The van der Waals surface area contributed by atoms with Crippen molar-refractivity contribution >= 4 is 22.5 Å². The number of hydrogen-bond acceptors (Lipinski definition) is 3. The third-order valence-corrected chi connectivity index (χ3v) is 6.26. The van der Waals surface area contributed by atoms with Gasteiger partial charge in [-0.2, -0.15) is 16.9 Å². The van der Waals surface area contributed by atoms with E-state index in [-0.39, 0.29) is 0 Å². The van der Waals surface area contributed by atoms with Gasteiger partial charge < -0.3 is 5.32 Å². The van der Waals surface area contributed by atoms with Crippen LogP contribution in [-0.2, 0) is 0 Å². The number of thioether (sulfide) groups is 1. The maximum atomic E-state index is 4.72. The van der Waals surface area contributed by atoms with Gasteiger partial charge in [0.05, 0.1) is 11.9 Å². The predicted octanol–water partition coefficient (Wildman–Crippen LogP) is 4.88. The summed E-state index contributed by atoms with van der Waals surface area (Å²) in [4.78, 5) is 0. The first-order chi connectivity index (χ1) is 12.2. The molecule has 1 aliphatic heterocycles. The SMILES string of the molecule is Cc1c([C@H](C)NC2CCSCC2)cnn1-c1cccc2ccccc12. The summed E-state index contributed by atoms with van der Waals surface area (Å²) in [5, 5.41) is 11.0.